The number of hydrogen-bond acceptors (Lipinski definition) is 1. The van der Waals surface area contributed by atoms with Crippen LogP contribution in [0.5, 0.6) is 0 Å². The fourth-order valence-electron chi connectivity index (χ4n) is 2.27. The normalized spacial score (nSPS) is 10.2. The SMILES string of the molecule is Cn1c(C(=O)C#Cc2cccc(F)c2)cc2ccccc21. The molecule has 0 fully saturated rings. The number of carbonyl (C=O) groups excluding carboxylic acids is 1. The number of aryl methyl sites for hydroxylation is 1. The Bertz CT molecular complexity index is 896. The summed E-state index contributed by atoms with van der Waals surface area (Å²) >= 11 is 0. The van der Waals surface area contributed by atoms with E-state index in [9.17, 15) is 9.18 Å². The summed E-state index contributed by atoms with van der Waals surface area (Å²) in [6, 6.07) is 15.5. The van der Waals surface area contributed by atoms with Gasteiger partial charge in [-0.15, -0.1) is 0 Å². The monoisotopic (exact) mass is 277 g/mol. The van der Waals surface area contributed by atoms with Gasteiger partial charge in [0.1, 0.15) is 5.82 Å². The van der Waals surface area contributed by atoms with Crippen LogP contribution < -0.4 is 0 Å². The molecule has 0 atom stereocenters. The van der Waals surface area contributed by atoms with Gasteiger partial charge in [0.2, 0.25) is 0 Å². The molecule has 0 aliphatic carbocycles. The first-order valence-electron chi connectivity index (χ1n) is 6.51. The Hall–Kier alpha value is -2.86. The van der Waals surface area contributed by atoms with Crippen LogP contribution in [-0.2, 0) is 7.05 Å². The van der Waals surface area contributed by atoms with Crippen molar-refractivity contribution in [3.8, 4) is 11.8 Å². The van der Waals surface area contributed by atoms with Gasteiger partial charge < -0.3 is 4.57 Å². The lowest BCUT2D eigenvalue weighted by atomic mass is 10.2. The average Bonchev–Trinajstić information content (AvgIpc) is 2.83. The molecule has 2 aromatic carbocycles. The maximum Gasteiger partial charge on any atom is 0.252 e. The molecule has 21 heavy (non-hydrogen) atoms. The third kappa shape index (κ3) is 2.56. The summed E-state index contributed by atoms with van der Waals surface area (Å²) in [6.45, 7) is 0. The summed E-state index contributed by atoms with van der Waals surface area (Å²) in [6.07, 6.45) is 0. The number of rotatable bonds is 1. The van der Waals surface area contributed by atoms with Crippen LogP contribution in [-0.4, -0.2) is 10.4 Å². The van der Waals surface area contributed by atoms with Crippen molar-refractivity contribution in [1.82, 2.24) is 4.57 Å². The van der Waals surface area contributed by atoms with Gasteiger partial charge in [-0.2, -0.15) is 0 Å². The van der Waals surface area contributed by atoms with E-state index >= 15 is 0 Å². The predicted molar refractivity (Wildman–Crippen MR) is 80.5 cm³/mol. The van der Waals surface area contributed by atoms with E-state index in [-0.39, 0.29) is 11.6 Å². The first-order valence-corrected chi connectivity index (χ1v) is 6.51. The maximum atomic E-state index is 13.1. The molecular weight excluding hydrogens is 265 g/mol. The molecule has 0 aliphatic heterocycles. The second-order valence-electron chi connectivity index (χ2n) is 4.74. The van der Waals surface area contributed by atoms with Crippen molar-refractivity contribution in [1.29, 1.82) is 0 Å². The first kappa shape index (κ1) is 13.1. The van der Waals surface area contributed by atoms with E-state index in [4.69, 9.17) is 0 Å². The Labute approximate surface area is 121 Å². The number of nitrogens with zero attached hydrogens (tertiary/aromatic N) is 1. The zero-order chi connectivity index (χ0) is 14.8. The molecule has 0 aliphatic rings. The molecule has 0 bridgehead atoms. The Morgan fingerprint density at radius 3 is 2.67 bits per heavy atom. The van der Waals surface area contributed by atoms with Crippen LogP contribution in [0.15, 0.2) is 54.6 Å². The van der Waals surface area contributed by atoms with E-state index in [0.29, 0.717) is 11.3 Å². The van der Waals surface area contributed by atoms with Crippen LogP contribution in [0, 0.1) is 17.7 Å². The average molecular weight is 277 g/mol. The third-order valence-corrected chi connectivity index (χ3v) is 3.33. The van der Waals surface area contributed by atoms with E-state index < -0.39 is 0 Å². The summed E-state index contributed by atoms with van der Waals surface area (Å²) in [5.41, 5.74) is 2.00. The molecule has 0 saturated carbocycles. The lowest BCUT2D eigenvalue weighted by Crippen LogP contribution is -2.03. The summed E-state index contributed by atoms with van der Waals surface area (Å²) < 4.78 is 14.9. The van der Waals surface area contributed by atoms with Gasteiger partial charge in [-0.3, -0.25) is 4.79 Å². The quantitative estimate of drug-likeness (QED) is 0.492. The van der Waals surface area contributed by atoms with Crippen molar-refractivity contribution >= 4 is 16.7 Å². The van der Waals surface area contributed by atoms with Gasteiger partial charge in [-0.25, -0.2) is 4.39 Å². The highest BCUT2D eigenvalue weighted by atomic mass is 19.1. The summed E-state index contributed by atoms with van der Waals surface area (Å²) in [4.78, 5) is 12.2. The highest BCUT2D eigenvalue weighted by Crippen LogP contribution is 2.18. The number of para-hydroxylation sites is 1. The van der Waals surface area contributed by atoms with Gasteiger partial charge in [-0.1, -0.05) is 30.2 Å². The Kier molecular flexibility index (Phi) is 3.29. The van der Waals surface area contributed by atoms with Crippen LogP contribution in [0.2, 0.25) is 0 Å². The van der Waals surface area contributed by atoms with Crippen molar-refractivity contribution in [2.75, 3.05) is 0 Å². The Morgan fingerprint density at radius 1 is 1.10 bits per heavy atom. The van der Waals surface area contributed by atoms with Gasteiger partial charge in [-0.05, 0) is 36.3 Å². The number of carbonyl (C=O) groups is 1. The minimum atomic E-state index is -0.362. The van der Waals surface area contributed by atoms with Crippen LogP contribution >= 0.6 is 0 Å². The van der Waals surface area contributed by atoms with E-state index in [1.54, 1.807) is 12.1 Å². The van der Waals surface area contributed by atoms with Crippen molar-refractivity contribution < 1.29 is 9.18 Å². The van der Waals surface area contributed by atoms with Crippen molar-refractivity contribution in [3.63, 3.8) is 0 Å². The number of hydrogen-bond donors (Lipinski definition) is 0. The van der Waals surface area contributed by atoms with Crippen molar-refractivity contribution in [3.05, 3.63) is 71.7 Å². The number of ketones is 1. The van der Waals surface area contributed by atoms with Crippen LogP contribution in [0.4, 0.5) is 4.39 Å². The molecule has 1 heterocycles. The lowest BCUT2D eigenvalue weighted by molar-refractivity contribution is 0.104. The Balaban J connectivity index is 1.97. The summed E-state index contributed by atoms with van der Waals surface area (Å²) in [7, 11) is 1.83. The summed E-state index contributed by atoms with van der Waals surface area (Å²) in [5.74, 6) is 4.63. The second-order valence-corrected chi connectivity index (χ2v) is 4.74. The van der Waals surface area contributed by atoms with E-state index in [1.807, 2.05) is 41.9 Å². The molecule has 0 unspecified atom stereocenters. The van der Waals surface area contributed by atoms with Crippen molar-refractivity contribution in [2.24, 2.45) is 7.05 Å². The van der Waals surface area contributed by atoms with Crippen LogP contribution in [0.1, 0.15) is 16.1 Å². The van der Waals surface area contributed by atoms with Crippen LogP contribution in [0.25, 0.3) is 10.9 Å². The zero-order valence-corrected chi connectivity index (χ0v) is 11.4. The molecule has 3 heteroatoms. The Morgan fingerprint density at radius 2 is 1.90 bits per heavy atom. The van der Waals surface area contributed by atoms with E-state index in [0.717, 1.165) is 10.9 Å². The van der Waals surface area contributed by atoms with Gasteiger partial charge in [0, 0.05) is 23.5 Å². The fourth-order valence-corrected chi connectivity index (χ4v) is 2.27. The fraction of sp³-hybridized carbons (Fsp3) is 0.0556. The number of halogens is 1. The molecule has 102 valence electrons. The smallest absolute Gasteiger partial charge is 0.252 e. The predicted octanol–water partition coefficient (Wildman–Crippen LogP) is 3.55. The lowest BCUT2D eigenvalue weighted by Gasteiger charge is -1.98. The number of fused-ring (bicyclic) bond motifs is 1. The van der Waals surface area contributed by atoms with Gasteiger partial charge in [0.15, 0.2) is 0 Å². The van der Waals surface area contributed by atoms with E-state index in [2.05, 4.69) is 11.8 Å². The van der Waals surface area contributed by atoms with Crippen LogP contribution in [0.3, 0.4) is 0 Å². The minimum absolute atomic E-state index is 0.280. The standard InChI is InChI=1S/C18H12FNO/c1-20-16-8-3-2-6-14(16)12-17(20)18(21)10-9-13-5-4-7-15(19)11-13/h2-8,11-12H,1H3. The van der Waals surface area contributed by atoms with Gasteiger partial charge >= 0.3 is 0 Å². The van der Waals surface area contributed by atoms with E-state index in [1.165, 1.54) is 12.1 Å². The molecule has 0 amide bonds. The molecule has 3 rings (SSSR count). The largest absolute Gasteiger partial charge is 0.340 e. The molecule has 0 saturated heterocycles. The highest BCUT2D eigenvalue weighted by Gasteiger charge is 2.10. The van der Waals surface area contributed by atoms with Gasteiger partial charge in [0.25, 0.3) is 5.78 Å². The number of benzene rings is 2. The molecule has 2 nitrogen and oxygen atoms in total. The minimum Gasteiger partial charge on any atom is -0.340 e. The molecule has 1 aromatic heterocycles. The van der Waals surface area contributed by atoms with Gasteiger partial charge in [0.05, 0.1) is 5.69 Å². The number of Topliss-reactive ketones (excluding diaryl/α,β-unsaturated/α-hetero) is 1. The highest BCUT2D eigenvalue weighted by molar-refractivity contribution is 6.10. The molecular formula is C18H12FNO. The number of aromatic nitrogens is 1. The second kappa shape index (κ2) is 5.26. The summed E-state index contributed by atoms with van der Waals surface area (Å²) in [5, 5.41) is 0.996. The molecule has 0 N–H and O–H groups in total. The van der Waals surface area contributed by atoms with Crippen molar-refractivity contribution in [2.45, 2.75) is 0 Å². The molecule has 3 aromatic rings. The first-order chi connectivity index (χ1) is 10.1. The molecule has 0 spiro atoms. The molecule has 0 radical (unpaired) electrons. The zero-order valence-electron chi connectivity index (χ0n) is 11.4. The maximum absolute atomic E-state index is 13.1. The third-order valence-electron chi connectivity index (χ3n) is 3.33. The topological polar surface area (TPSA) is 22.0 Å².